The zero-order chi connectivity index (χ0) is 17.0. The van der Waals surface area contributed by atoms with Crippen LogP contribution in [0.2, 0.25) is 0 Å². The van der Waals surface area contributed by atoms with Gasteiger partial charge in [0.15, 0.2) is 5.76 Å². The maximum atomic E-state index is 12.1. The van der Waals surface area contributed by atoms with Crippen molar-refractivity contribution in [2.24, 2.45) is 0 Å². The summed E-state index contributed by atoms with van der Waals surface area (Å²) in [6, 6.07) is 8.83. The summed E-state index contributed by atoms with van der Waals surface area (Å²) < 4.78 is 10.2. The number of ether oxygens (including phenoxy) is 1. The van der Waals surface area contributed by atoms with Gasteiger partial charge in [-0.1, -0.05) is 26.0 Å². The van der Waals surface area contributed by atoms with Crippen molar-refractivity contribution in [3.63, 3.8) is 0 Å². The number of carboxylic acid groups (broad SMARTS) is 1. The quantitative estimate of drug-likeness (QED) is 0.855. The van der Waals surface area contributed by atoms with Gasteiger partial charge in [0.05, 0.1) is 12.7 Å². The van der Waals surface area contributed by atoms with Crippen molar-refractivity contribution in [3.05, 3.63) is 53.5 Å². The lowest BCUT2D eigenvalue weighted by molar-refractivity contribution is 0.0696. The average Bonchev–Trinajstić information content (AvgIpc) is 3.03. The predicted octanol–water partition coefficient (Wildman–Crippen LogP) is 2.69. The molecule has 0 bridgehead atoms. The molecule has 1 heterocycles. The minimum Gasteiger partial charge on any atom is -0.497 e. The third-order valence-electron chi connectivity index (χ3n) is 3.61. The second-order valence-electron chi connectivity index (χ2n) is 5.80. The van der Waals surface area contributed by atoms with Crippen molar-refractivity contribution in [2.45, 2.75) is 19.3 Å². The first-order valence-corrected chi connectivity index (χ1v) is 7.08. The van der Waals surface area contributed by atoms with E-state index in [4.69, 9.17) is 14.3 Å². The highest BCUT2D eigenvalue weighted by molar-refractivity contribution is 5.95. The molecule has 0 aliphatic heterocycles. The molecule has 122 valence electrons. The number of furan rings is 1. The molecule has 23 heavy (non-hydrogen) atoms. The first-order chi connectivity index (χ1) is 10.8. The van der Waals surface area contributed by atoms with Crippen molar-refractivity contribution >= 4 is 11.9 Å². The highest BCUT2D eigenvalue weighted by Gasteiger charge is 2.23. The number of rotatable bonds is 6. The van der Waals surface area contributed by atoms with Crippen LogP contribution in [-0.2, 0) is 5.41 Å². The average molecular weight is 317 g/mol. The number of hydrogen-bond donors (Lipinski definition) is 2. The van der Waals surface area contributed by atoms with E-state index in [1.54, 1.807) is 7.11 Å². The van der Waals surface area contributed by atoms with Gasteiger partial charge < -0.3 is 19.6 Å². The van der Waals surface area contributed by atoms with Crippen LogP contribution in [0.15, 0.2) is 41.0 Å². The van der Waals surface area contributed by atoms with E-state index in [1.165, 1.54) is 6.07 Å². The Balaban J connectivity index is 2.05. The molecule has 1 amide bonds. The van der Waals surface area contributed by atoms with Crippen molar-refractivity contribution < 1.29 is 23.8 Å². The summed E-state index contributed by atoms with van der Waals surface area (Å²) >= 11 is 0. The largest absolute Gasteiger partial charge is 0.497 e. The summed E-state index contributed by atoms with van der Waals surface area (Å²) in [6.07, 6.45) is 1.05. The third kappa shape index (κ3) is 3.91. The van der Waals surface area contributed by atoms with Gasteiger partial charge in [0.1, 0.15) is 12.0 Å². The monoisotopic (exact) mass is 317 g/mol. The molecule has 0 atom stereocenters. The number of methoxy groups -OCH3 is 1. The van der Waals surface area contributed by atoms with Gasteiger partial charge in [-0.15, -0.1) is 0 Å². The summed E-state index contributed by atoms with van der Waals surface area (Å²) in [4.78, 5) is 22.9. The van der Waals surface area contributed by atoms with E-state index < -0.39 is 11.9 Å². The number of carbonyl (C=O) groups excluding carboxylic acids is 1. The second kappa shape index (κ2) is 6.56. The summed E-state index contributed by atoms with van der Waals surface area (Å²) in [5.41, 5.74) is 0.636. The molecule has 2 aromatic rings. The molecular formula is C17H19NO5. The molecule has 2 rings (SSSR count). The Morgan fingerprint density at radius 3 is 2.65 bits per heavy atom. The number of carboxylic acids is 1. The molecule has 6 nitrogen and oxygen atoms in total. The minimum atomic E-state index is -1.13. The van der Waals surface area contributed by atoms with Gasteiger partial charge >= 0.3 is 5.97 Å². The molecule has 2 N–H and O–H groups in total. The lowest BCUT2D eigenvalue weighted by Crippen LogP contribution is -2.36. The lowest BCUT2D eigenvalue weighted by Gasteiger charge is -2.25. The summed E-state index contributed by atoms with van der Waals surface area (Å²) in [5, 5.41) is 11.6. The Morgan fingerprint density at radius 2 is 2.04 bits per heavy atom. The van der Waals surface area contributed by atoms with Crippen molar-refractivity contribution in [2.75, 3.05) is 13.7 Å². The standard InChI is InChI=1S/C17H19NO5/c1-17(2,12-5-4-6-13(8-12)22-3)10-18-15(19)14-7-11(9-23-14)16(20)21/h4-9H,10H2,1-3H3,(H,18,19)(H,20,21). The molecule has 0 saturated carbocycles. The summed E-state index contributed by atoms with van der Waals surface area (Å²) in [7, 11) is 1.60. The Kier molecular flexibility index (Phi) is 4.74. The molecule has 0 spiro atoms. The van der Waals surface area contributed by atoms with Crippen LogP contribution in [0, 0.1) is 0 Å². The molecule has 1 aromatic heterocycles. The molecule has 0 aliphatic rings. The Bertz CT molecular complexity index is 717. The number of amides is 1. The fourth-order valence-electron chi connectivity index (χ4n) is 2.10. The fourth-order valence-corrected chi connectivity index (χ4v) is 2.10. The van der Waals surface area contributed by atoms with E-state index >= 15 is 0 Å². The summed E-state index contributed by atoms with van der Waals surface area (Å²) in [5.74, 6) is -0.860. The molecule has 0 unspecified atom stereocenters. The normalized spacial score (nSPS) is 11.1. The number of carbonyl (C=O) groups is 2. The third-order valence-corrected chi connectivity index (χ3v) is 3.61. The van der Waals surface area contributed by atoms with Gasteiger partial charge in [0.25, 0.3) is 5.91 Å². The molecule has 0 aliphatic carbocycles. The first-order valence-electron chi connectivity index (χ1n) is 7.08. The maximum Gasteiger partial charge on any atom is 0.338 e. The number of benzene rings is 1. The Morgan fingerprint density at radius 1 is 1.30 bits per heavy atom. The highest BCUT2D eigenvalue weighted by atomic mass is 16.5. The summed E-state index contributed by atoms with van der Waals surface area (Å²) in [6.45, 7) is 4.35. The second-order valence-corrected chi connectivity index (χ2v) is 5.80. The van der Waals surface area contributed by atoms with E-state index in [0.717, 1.165) is 17.6 Å². The van der Waals surface area contributed by atoms with Gasteiger partial charge in [-0.05, 0) is 17.7 Å². The lowest BCUT2D eigenvalue weighted by atomic mass is 9.84. The van der Waals surface area contributed by atoms with Gasteiger partial charge in [0.2, 0.25) is 0 Å². The SMILES string of the molecule is COc1cccc(C(C)(C)CNC(=O)c2cc(C(=O)O)co2)c1. The number of aromatic carboxylic acids is 1. The van der Waals surface area contributed by atoms with Gasteiger partial charge in [0, 0.05) is 18.0 Å². The van der Waals surface area contributed by atoms with Crippen LogP contribution in [0.5, 0.6) is 5.75 Å². The van der Waals surface area contributed by atoms with Crippen molar-refractivity contribution in [1.29, 1.82) is 0 Å². The molecule has 0 radical (unpaired) electrons. The fraction of sp³-hybridized carbons (Fsp3) is 0.294. The Hall–Kier alpha value is -2.76. The Labute approximate surface area is 134 Å². The zero-order valence-electron chi connectivity index (χ0n) is 13.3. The van der Waals surface area contributed by atoms with Gasteiger partial charge in [-0.3, -0.25) is 4.79 Å². The molecule has 0 saturated heterocycles. The van der Waals surface area contributed by atoms with E-state index in [-0.39, 0.29) is 16.7 Å². The van der Waals surface area contributed by atoms with Gasteiger partial charge in [-0.2, -0.15) is 0 Å². The van der Waals surface area contributed by atoms with E-state index in [2.05, 4.69) is 5.32 Å². The van der Waals surface area contributed by atoms with Crippen LogP contribution in [-0.4, -0.2) is 30.6 Å². The molecule has 1 aromatic carbocycles. The number of hydrogen-bond acceptors (Lipinski definition) is 4. The molecule has 6 heteroatoms. The van der Waals surface area contributed by atoms with E-state index in [1.807, 2.05) is 38.1 Å². The van der Waals surface area contributed by atoms with E-state index in [0.29, 0.717) is 6.54 Å². The van der Waals surface area contributed by atoms with Crippen molar-refractivity contribution in [3.8, 4) is 5.75 Å². The molecule has 0 fully saturated rings. The number of nitrogens with one attached hydrogen (secondary N) is 1. The van der Waals surface area contributed by atoms with Crippen molar-refractivity contribution in [1.82, 2.24) is 5.32 Å². The van der Waals surface area contributed by atoms with E-state index in [9.17, 15) is 9.59 Å². The van der Waals surface area contributed by atoms with Crippen LogP contribution >= 0.6 is 0 Å². The van der Waals surface area contributed by atoms with Crippen LogP contribution in [0.1, 0.15) is 40.3 Å². The van der Waals surface area contributed by atoms with Gasteiger partial charge in [-0.25, -0.2) is 4.79 Å². The first kappa shape index (κ1) is 16.6. The van der Waals surface area contributed by atoms with Crippen LogP contribution in [0.3, 0.4) is 0 Å². The predicted molar refractivity (Wildman–Crippen MR) is 84.0 cm³/mol. The molecular weight excluding hydrogens is 298 g/mol. The maximum absolute atomic E-state index is 12.1. The highest BCUT2D eigenvalue weighted by Crippen LogP contribution is 2.25. The smallest absolute Gasteiger partial charge is 0.338 e. The van der Waals surface area contributed by atoms with Crippen LogP contribution < -0.4 is 10.1 Å². The zero-order valence-corrected chi connectivity index (χ0v) is 13.3. The van der Waals surface area contributed by atoms with Crippen LogP contribution in [0.4, 0.5) is 0 Å². The van der Waals surface area contributed by atoms with Crippen LogP contribution in [0.25, 0.3) is 0 Å². The minimum absolute atomic E-state index is 0.0242. The topological polar surface area (TPSA) is 88.8 Å².